The summed E-state index contributed by atoms with van der Waals surface area (Å²) >= 11 is 0. The van der Waals surface area contributed by atoms with Crippen molar-refractivity contribution in [1.82, 2.24) is 4.57 Å². The van der Waals surface area contributed by atoms with Crippen molar-refractivity contribution in [2.24, 2.45) is 0 Å². The van der Waals surface area contributed by atoms with Gasteiger partial charge in [-0.15, -0.1) is 0 Å². The zero-order valence-corrected chi connectivity index (χ0v) is 12.5. The van der Waals surface area contributed by atoms with Gasteiger partial charge >= 0.3 is 0 Å². The highest BCUT2D eigenvalue weighted by atomic mass is 16.1. The predicted octanol–water partition coefficient (Wildman–Crippen LogP) is 3.25. The van der Waals surface area contributed by atoms with Crippen molar-refractivity contribution < 1.29 is 0 Å². The van der Waals surface area contributed by atoms with Crippen molar-refractivity contribution in [3.8, 4) is 11.8 Å². The molecule has 1 aromatic heterocycles. The number of aryl methyl sites for hydroxylation is 4. The topological polar surface area (TPSA) is 45.8 Å². The molecule has 0 fully saturated rings. The summed E-state index contributed by atoms with van der Waals surface area (Å²) in [4.78, 5) is 12.5. The summed E-state index contributed by atoms with van der Waals surface area (Å²) in [7, 11) is 0. The highest BCUT2D eigenvalue weighted by molar-refractivity contribution is 5.51. The van der Waals surface area contributed by atoms with Gasteiger partial charge in [-0.25, -0.2) is 0 Å². The number of nitriles is 1. The first kappa shape index (κ1) is 14.1. The van der Waals surface area contributed by atoms with Crippen LogP contribution in [0.4, 0.5) is 0 Å². The van der Waals surface area contributed by atoms with Crippen LogP contribution in [0, 0.1) is 45.9 Å². The fourth-order valence-corrected chi connectivity index (χ4v) is 2.68. The van der Waals surface area contributed by atoms with Gasteiger partial charge in [-0.3, -0.25) is 9.36 Å². The van der Waals surface area contributed by atoms with Crippen LogP contribution in [0.25, 0.3) is 5.69 Å². The summed E-state index contributed by atoms with van der Waals surface area (Å²) in [6.07, 6.45) is 1.82. The second-order valence-electron chi connectivity index (χ2n) is 5.35. The molecule has 3 nitrogen and oxygen atoms in total. The van der Waals surface area contributed by atoms with Crippen LogP contribution < -0.4 is 5.56 Å². The molecule has 1 aromatic carbocycles. The monoisotopic (exact) mass is 266 g/mol. The Kier molecular flexibility index (Phi) is 3.50. The van der Waals surface area contributed by atoms with Gasteiger partial charge in [0.25, 0.3) is 5.56 Å². The van der Waals surface area contributed by atoms with E-state index in [9.17, 15) is 10.1 Å². The van der Waals surface area contributed by atoms with Crippen molar-refractivity contribution in [1.29, 1.82) is 5.26 Å². The van der Waals surface area contributed by atoms with Gasteiger partial charge in [0.1, 0.15) is 11.6 Å². The summed E-state index contributed by atoms with van der Waals surface area (Å²) in [5.41, 5.74) is 5.81. The number of hydrogen-bond donors (Lipinski definition) is 0. The zero-order chi connectivity index (χ0) is 15.0. The van der Waals surface area contributed by atoms with E-state index >= 15 is 0 Å². The fourth-order valence-electron chi connectivity index (χ4n) is 2.68. The molecule has 0 saturated heterocycles. The van der Waals surface area contributed by atoms with Crippen LogP contribution in [0.5, 0.6) is 0 Å². The van der Waals surface area contributed by atoms with Gasteiger partial charge in [0.15, 0.2) is 0 Å². The molecule has 20 heavy (non-hydrogen) atoms. The molecule has 2 rings (SSSR count). The van der Waals surface area contributed by atoms with E-state index in [4.69, 9.17) is 0 Å². The van der Waals surface area contributed by atoms with Crippen molar-refractivity contribution in [3.63, 3.8) is 0 Å². The van der Waals surface area contributed by atoms with Gasteiger partial charge in [-0.05, 0) is 56.9 Å². The first-order valence-electron chi connectivity index (χ1n) is 6.58. The van der Waals surface area contributed by atoms with E-state index < -0.39 is 0 Å². The summed E-state index contributed by atoms with van der Waals surface area (Å²) in [6, 6.07) is 6.13. The zero-order valence-electron chi connectivity index (χ0n) is 12.5. The second-order valence-corrected chi connectivity index (χ2v) is 5.35. The quantitative estimate of drug-likeness (QED) is 0.795. The largest absolute Gasteiger partial charge is 0.282 e. The standard InChI is InChI=1S/C17H18N2O/c1-10-6-11(2)16(12(3)7-10)19-9-13(4)14(5)15(8-18)17(19)20/h6-7,9H,1-5H3. The first-order valence-corrected chi connectivity index (χ1v) is 6.58. The number of nitrogens with zero attached hydrogens (tertiary/aromatic N) is 2. The van der Waals surface area contributed by atoms with E-state index in [0.717, 1.165) is 27.9 Å². The van der Waals surface area contributed by atoms with Gasteiger partial charge in [0.2, 0.25) is 0 Å². The lowest BCUT2D eigenvalue weighted by Gasteiger charge is -2.16. The van der Waals surface area contributed by atoms with Crippen LogP contribution in [0.2, 0.25) is 0 Å². The molecular formula is C17H18N2O. The van der Waals surface area contributed by atoms with Crippen LogP contribution in [0.15, 0.2) is 23.1 Å². The summed E-state index contributed by atoms with van der Waals surface area (Å²) in [6.45, 7) is 9.75. The fraction of sp³-hybridized carbons (Fsp3) is 0.294. The Hall–Kier alpha value is -2.34. The minimum absolute atomic E-state index is 0.226. The lowest BCUT2D eigenvalue weighted by atomic mass is 10.0. The van der Waals surface area contributed by atoms with E-state index in [1.807, 2.05) is 46.9 Å². The molecule has 1 heterocycles. The normalized spacial score (nSPS) is 10.4. The molecule has 0 amide bonds. The van der Waals surface area contributed by atoms with Gasteiger partial charge in [0.05, 0.1) is 5.69 Å². The van der Waals surface area contributed by atoms with E-state index in [1.165, 1.54) is 5.56 Å². The average molecular weight is 266 g/mol. The smallest absolute Gasteiger partial charge is 0.273 e. The van der Waals surface area contributed by atoms with Crippen LogP contribution in [0.1, 0.15) is 33.4 Å². The minimum atomic E-state index is -0.245. The highest BCUT2D eigenvalue weighted by Gasteiger charge is 2.14. The molecule has 3 heteroatoms. The van der Waals surface area contributed by atoms with Gasteiger partial charge in [-0.2, -0.15) is 5.26 Å². The van der Waals surface area contributed by atoms with Crippen LogP contribution >= 0.6 is 0 Å². The number of hydrogen-bond acceptors (Lipinski definition) is 2. The third-order valence-electron chi connectivity index (χ3n) is 3.71. The van der Waals surface area contributed by atoms with E-state index in [0.29, 0.717) is 0 Å². The molecule has 0 aliphatic carbocycles. The number of pyridine rings is 1. The summed E-state index contributed by atoms with van der Waals surface area (Å²) in [5, 5.41) is 9.21. The first-order chi connectivity index (χ1) is 9.36. The molecular weight excluding hydrogens is 248 g/mol. The molecule has 102 valence electrons. The van der Waals surface area contributed by atoms with E-state index in [-0.39, 0.29) is 11.1 Å². The molecule has 0 aliphatic heterocycles. The molecule has 0 bridgehead atoms. The lowest BCUT2D eigenvalue weighted by molar-refractivity contribution is 0.935. The van der Waals surface area contributed by atoms with Crippen molar-refractivity contribution >= 4 is 0 Å². The third-order valence-corrected chi connectivity index (χ3v) is 3.71. The molecule has 0 unspecified atom stereocenters. The maximum Gasteiger partial charge on any atom is 0.273 e. The SMILES string of the molecule is Cc1cc(C)c(-n2cc(C)c(C)c(C#N)c2=O)c(C)c1. The molecule has 0 spiro atoms. The Bertz CT molecular complexity index is 769. The third kappa shape index (κ3) is 2.14. The van der Waals surface area contributed by atoms with E-state index in [1.54, 1.807) is 4.57 Å². The van der Waals surface area contributed by atoms with Gasteiger partial charge in [-0.1, -0.05) is 17.7 Å². The van der Waals surface area contributed by atoms with Crippen molar-refractivity contribution in [3.05, 3.63) is 62.1 Å². The Morgan fingerprint density at radius 1 is 1.00 bits per heavy atom. The second kappa shape index (κ2) is 4.97. The van der Waals surface area contributed by atoms with Crippen molar-refractivity contribution in [2.45, 2.75) is 34.6 Å². The molecule has 2 aromatic rings. The highest BCUT2D eigenvalue weighted by Crippen LogP contribution is 2.21. The summed E-state index contributed by atoms with van der Waals surface area (Å²) < 4.78 is 1.60. The molecule has 0 radical (unpaired) electrons. The lowest BCUT2D eigenvalue weighted by Crippen LogP contribution is -2.24. The number of benzene rings is 1. The molecule has 0 saturated carbocycles. The summed E-state index contributed by atoms with van der Waals surface area (Å²) in [5.74, 6) is 0. The number of rotatable bonds is 1. The Balaban J connectivity index is 2.89. The molecule has 0 N–H and O–H groups in total. The number of aromatic nitrogens is 1. The predicted molar refractivity (Wildman–Crippen MR) is 80.4 cm³/mol. The Morgan fingerprint density at radius 3 is 2.05 bits per heavy atom. The molecule has 0 atom stereocenters. The van der Waals surface area contributed by atoms with Crippen LogP contribution in [0.3, 0.4) is 0 Å². The maximum absolute atomic E-state index is 12.5. The Labute approximate surface area is 119 Å². The van der Waals surface area contributed by atoms with Gasteiger partial charge in [0, 0.05) is 6.20 Å². The maximum atomic E-state index is 12.5. The van der Waals surface area contributed by atoms with Gasteiger partial charge < -0.3 is 0 Å². The minimum Gasteiger partial charge on any atom is -0.282 e. The van der Waals surface area contributed by atoms with Crippen LogP contribution in [-0.4, -0.2) is 4.57 Å². The molecule has 0 aliphatic rings. The van der Waals surface area contributed by atoms with E-state index in [2.05, 4.69) is 12.1 Å². The van der Waals surface area contributed by atoms with Crippen molar-refractivity contribution in [2.75, 3.05) is 0 Å². The average Bonchev–Trinajstić information content (AvgIpc) is 2.35. The van der Waals surface area contributed by atoms with Crippen LogP contribution in [-0.2, 0) is 0 Å². The Morgan fingerprint density at radius 2 is 1.55 bits per heavy atom.